The molecule has 2 atom stereocenters. The first-order valence-corrected chi connectivity index (χ1v) is 7.40. The number of nitrogens with zero attached hydrogens (tertiary/aromatic N) is 2. The lowest BCUT2D eigenvalue weighted by Crippen LogP contribution is -2.44. The largest absolute Gasteiger partial charge is 0.481 e. The summed E-state index contributed by atoms with van der Waals surface area (Å²) in [5, 5.41) is 12.3. The van der Waals surface area contributed by atoms with Crippen molar-refractivity contribution in [2.24, 2.45) is 5.92 Å². The summed E-state index contributed by atoms with van der Waals surface area (Å²) in [6, 6.07) is -0.324. The van der Waals surface area contributed by atoms with E-state index in [-0.39, 0.29) is 11.9 Å². The molecule has 6 heteroatoms. The molecule has 0 spiro atoms. The van der Waals surface area contributed by atoms with Crippen LogP contribution in [0.4, 0.5) is 0 Å². The molecule has 1 saturated carbocycles. The molecule has 1 aromatic rings. The SMILES string of the molecule is Cc1ncncc1C(=O)NC1CCCCCCC1C(=O)O. The summed E-state index contributed by atoms with van der Waals surface area (Å²) in [6.07, 6.45) is 8.18. The number of carboxylic acid groups (broad SMARTS) is 1. The van der Waals surface area contributed by atoms with Crippen LogP contribution in [0.1, 0.15) is 54.6 Å². The molecule has 1 amide bonds. The van der Waals surface area contributed by atoms with Crippen molar-refractivity contribution in [2.45, 2.75) is 51.5 Å². The van der Waals surface area contributed by atoms with Crippen LogP contribution in [0.2, 0.25) is 0 Å². The summed E-state index contributed by atoms with van der Waals surface area (Å²) in [5.74, 6) is -1.63. The second-order valence-electron chi connectivity index (χ2n) is 5.54. The van der Waals surface area contributed by atoms with Crippen LogP contribution in [-0.2, 0) is 4.79 Å². The highest BCUT2D eigenvalue weighted by molar-refractivity contribution is 5.95. The fourth-order valence-corrected chi connectivity index (χ4v) is 2.81. The van der Waals surface area contributed by atoms with Crippen molar-refractivity contribution in [3.05, 3.63) is 23.8 Å². The minimum atomic E-state index is -0.830. The maximum atomic E-state index is 12.3. The van der Waals surface area contributed by atoms with Gasteiger partial charge in [0.25, 0.3) is 5.91 Å². The van der Waals surface area contributed by atoms with Gasteiger partial charge in [-0.2, -0.15) is 0 Å². The van der Waals surface area contributed by atoms with Gasteiger partial charge in [0.1, 0.15) is 6.33 Å². The lowest BCUT2D eigenvalue weighted by atomic mass is 9.86. The Morgan fingerprint density at radius 2 is 1.95 bits per heavy atom. The molecule has 0 aromatic carbocycles. The maximum Gasteiger partial charge on any atom is 0.308 e. The normalized spacial score (nSPS) is 22.9. The standard InChI is InChI=1S/C15H21N3O3/c1-10-12(8-16-9-17-10)14(19)18-13-7-5-3-2-4-6-11(13)15(20)21/h8-9,11,13H,2-7H2,1H3,(H,18,19)(H,20,21). The highest BCUT2D eigenvalue weighted by atomic mass is 16.4. The molecular formula is C15H21N3O3. The third-order valence-electron chi connectivity index (χ3n) is 4.06. The third-order valence-corrected chi connectivity index (χ3v) is 4.06. The smallest absolute Gasteiger partial charge is 0.308 e. The zero-order chi connectivity index (χ0) is 15.2. The Morgan fingerprint density at radius 3 is 2.62 bits per heavy atom. The second-order valence-corrected chi connectivity index (χ2v) is 5.54. The number of amides is 1. The van der Waals surface area contributed by atoms with E-state index in [1.54, 1.807) is 6.92 Å². The van der Waals surface area contributed by atoms with E-state index >= 15 is 0 Å². The van der Waals surface area contributed by atoms with E-state index in [1.165, 1.54) is 12.5 Å². The summed E-state index contributed by atoms with van der Waals surface area (Å²) < 4.78 is 0. The number of carbonyl (C=O) groups is 2. The van der Waals surface area contributed by atoms with Crippen LogP contribution >= 0.6 is 0 Å². The van der Waals surface area contributed by atoms with E-state index in [0.29, 0.717) is 24.1 Å². The van der Waals surface area contributed by atoms with Crippen LogP contribution in [0, 0.1) is 12.8 Å². The van der Waals surface area contributed by atoms with Gasteiger partial charge in [-0.05, 0) is 19.8 Å². The lowest BCUT2D eigenvalue weighted by molar-refractivity contribution is -0.143. The minimum absolute atomic E-state index is 0.287. The van der Waals surface area contributed by atoms with Crippen LogP contribution in [-0.4, -0.2) is 33.0 Å². The van der Waals surface area contributed by atoms with Gasteiger partial charge < -0.3 is 10.4 Å². The monoisotopic (exact) mass is 291 g/mol. The van der Waals surface area contributed by atoms with Gasteiger partial charge in [0.2, 0.25) is 0 Å². The van der Waals surface area contributed by atoms with Crippen LogP contribution in [0.15, 0.2) is 12.5 Å². The van der Waals surface area contributed by atoms with Gasteiger partial charge in [-0.15, -0.1) is 0 Å². The third kappa shape index (κ3) is 4.00. The molecular weight excluding hydrogens is 270 g/mol. The second kappa shape index (κ2) is 7.15. The molecule has 1 heterocycles. The van der Waals surface area contributed by atoms with Gasteiger partial charge in [0, 0.05) is 12.2 Å². The molecule has 0 bridgehead atoms. The summed E-state index contributed by atoms with van der Waals surface area (Å²) in [7, 11) is 0. The van der Waals surface area contributed by atoms with Crippen molar-refractivity contribution in [3.63, 3.8) is 0 Å². The molecule has 114 valence electrons. The van der Waals surface area contributed by atoms with E-state index in [1.807, 2.05) is 0 Å². The Labute approximate surface area is 124 Å². The highest BCUT2D eigenvalue weighted by Gasteiger charge is 2.30. The first-order valence-electron chi connectivity index (χ1n) is 7.40. The number of nitrogens with one attached hydrogen (secondary N) is 1. The molecule has 2 rings (SSSR count). The van der Waals surface area contributed by atoms with E-state index < -0.39 is 11.9 Å². The van der Waals surface area contributed by atoms with Crippen LogP contribution in [0.3, 0.4) is 0 Å². The number of aliphatic carboxylic acids is 1. The van der Waals surface area contributed by atoms with Gasteiger partial charge in [-0.3, -0.25) is 9.59 Å². The number of rotatable bonds is 3. The summed E-state index contributed by atoms with van der Waals surface area (Å²) in [5.41, 5.74) is 1.00. The summed E-state index contributed by atoms with van der Waals surface area (Å²) >= 11 is 0. The first-order chi connectivity index (χ1) is 10.1. The number of carboxylic acids is 1. The van der Waals surface area contributed by atoms with Crippen molar-refractivity contribution in [1.29, 1.82) is 0 Å². The average molecular weight is 291 g/mol. The first kappa shape index (κ1) is 15.4. The number of carbonyl (C=O) groups excluding carboxylic acids is 1. The summed E-state index contributed by atoms with van der Waals surface area (Å²) in [4.78, 5) is 31.6. The van der Waals surface area contributed by atoms with E-state index in [9.17, 15) is 14.7 Å². The molecule has 1 aromatic heterocycles. The Hall–Kier alpha value is -1.98. The Kier molecular flexibility index (Phi) is 5.25. The molecule has 1 aliphatic rings. The van der Waals surface area contributed by atoms with Gasteiger partial charge in [-0.25, -0.2) is 9.97 Å². The van der Waals surface area contributed by atoms with Crippen molar-refractivity contribution < 1.29 is 14.7 Å². The zero-order valence-corrected chi connectivity index (χ0v) is 12.2. The Morgan fingerprint density at radius 1 is 1.24 bits per heavy atom. The van der Waals surface area contributed by atoms with Gasteiger partial charge >= 0.3 is 5.97 Å². The van der Waals surface area contributed by atoms with Crippen molar-refractivity contribution in [2.75, 3.05) is 0 Å². The predicted octanol–water partition coefficient (Wildman–Crippen LogP) is 1.94. The quantitative estimate of drug-likeness (QED) is 0.887. The van der Waals surface area contributed by atoms with Crippen molar-refractivity contribution >= 4 is 11.9 Å². The van der Waals surface area contributed by atoms with Crippen molar-refractivity contribution in [3.8, 4) is 0 Å². The fourth-order valence-electron chi connectivity index (χ4n) is 2.81. The topological polar surface area (TPSA) is 92.2 Å². The fraction of sp³-hybridized carbons (Fsp3) is 0.600. The Bertz CT molecular complexity index is 519. The molecule has 2 unspecified atom stereocenters. The molecule has 0 saturated heterocycles. The number of aryl methyl sites for hydroxylation is 1. The minimum Gasteiger partial charge on any atom is -0.481 e. The molecule has 1 aliphatic carbocycles. The van der Waals surface area contributed by atoms with Gasteiger partial charge in [0.05, 0.1) is 17.2 Å². The van der Waals surface area contributed by atoms with Gasteiger partial charge in [-0.1, -0.05) is 25.7 Å². The van der Waals surface area contributed by atoms with E-state index in [4.69, 9.17) is 0 Å². The van der Waals surface area contributed by atoms with E-state index in [2.05, 4.69) is 15.3 Å². The molecule has 21 heavy (non-hydrogen) atoms. The maximum absolute atomic E-state index is 12.3. The summed E-state index contributed by atoms with van der Waals surface area (Å²) in [6.45, 7) is 1.74. The van der Waals surface area contributed by atoms with Gasteiger partial charge in [0.15, 0.2) is 0 Å². The average Bonchev–Trinajstić information content (AvgIpc) is 2.41. The molecule has 6 nitrogen and oxygen atoms in total. The Balaban J connectivity index is 2.12. The van der Waals surface area contributed by atoms with Crippen LogP contribution < -0.4 is 5.32 Å². The molecule has 0 radical (unpaired) electrons. The van der Waals surface area contributed by atoms with Crippen molar-refractivity contribution in [1.82, 2.24) is 15.3 Å². The lowest BCUT2D eigenvalue weighted by Gasteiger charge is -2.27. The molecule has 1 fully saturated rings. The van der Waals surface area contributed by atoms with Crippen LogP contribution in [0.5, 0.6) is 0 Å². The number of aromatic nitrogens is 2. The predicted molar refractivity (Wildman–Crippen MR) is 76.9 cm³/mol. The zero-order valence-electron chi connectivity index (χ0n) is 12.2. The van der Waals surface area contributed by atoms with E-state index in [0.717, 1.165) is 25.7 Å². The number of hydrogen-bond donors (Lipinski definition) is 2. The number of hydrogen-bond acceptors (Lipinski definition) is 4. The molecule has 2 N–H and O–H groups in total. The van der Waals surface area contributed by atoms with Crippen LogP contribution in [0.25, 0.3) is 0 Å². The highest BCUT2D eigenvalue weighted by Crippen LogP contribution is 2.23. The molecule has 0 aliphatic heterocycles.